The van der Waals surface area contributed by atoms with Crippen molar-refractivity contribution in [1.82, 2.24) is 0 Å². The summed E-state index contributed by atoms with van der Waals surface area (Å²) in [5.74, 6) is 0.373. The van der Waals surface area contributed by atoms with Gasteiger partial charge in [-0.25, -0.2) is 0 Å². The van der Waals surface area contributed by atoms with Crippen LogP contribution in [0.4, 0.5) is 0 Å². The van der Waals surface area contributed by atoms with E-state index in [0.717, 1.165) is 38.0 Å². The highest BCUT2D eigenvalue weighted by Crippen LogP contribution is 2.11. The highest BCUT2D eigenvalue weighted by Gasteiger charge is 2.07. The molecule has 0 bridgehead atoms. The average Bonchev–Trinajstić information content (AvgIpc) is 2.76. The minimum Gasteiger partial charge on any atom is -0.466 e. The van der Waals surface area contributed by atoms with Gasteiger partial charge < -0.3 is 9.47 Å². The summed E-state index contributed by atoms with van der Waals surface area (Å²) in [5, 5.41) is 0. The molecule has 0 aromatic heterocycles. The Kier molecular flexibility index (Phi) is 24.9. The van der Waals surface area contributed by atoms with Crippen molar-refractivity contribution < 1.29 is 19.1 Å². The molecule has 0 aromatic carbocycles. The van der Waals surface area contributed by atoms with Gasteiger partial charge in [0, 0.05) is 18.7 Å². The lowest BCUT2D eigenvalue weighted by molar-refractivity contribution is -0.145. The van der Waals surface area contributed by atoms with E-state index in [0.29, 0.717) is 32.5 Å². The van der Waals surface area contributed by atoms with Crippen molar-refractivity contribution in [2.24, 2.45) is 0 Å². The molecular formula is C26H49ClO4. The monoisotopic (exact) mass is 460 g/mol. The third kappa shape index (κ3) is 25.4. The predicted molar refractivity (Wildman–Crippen MR) is 131 cm³/mol. The fourth-order valence-corrected chi connectivity index (χ4v) is 3.75. The molecule has 0 spiro atoms. The third-order valence-electron chi connectivity index (χ3n) is 5.56. The molecule has 0 amide bonds. The normalized spacial score (nSPS) is 10.9. The van der Waals surface area contributed by atoms with Gasteiger partial charge in [-0.2, -0.15) is 0 Å². The molecule has 0 aliphatic carbocycles. The number of ether oxygens (including phenoxy) is 2. The van der Waals surface area contributed by atoms with E-state index in [1.54, 1.807) is 0 Å². The summed E-state index contributed by atoms with van der Waals surface area (Å²) in [4.78, 5) is 23.4. The van der Waals surface area contributed by atoms with Gasteiger partial charge in [-0.1, -0.05) is 96.8 Å². The first-order valence-corrected chi connectivity index (χ1v) is 13.6. The summed E-state index contributed by atoms with van der Waals surface area (Å²) in [6.07, 6.45) is 21.7. The van der Waals surface area contributed by atoms with Gasteiger partial charge >= 0.3 is 11.9 Å². The van der Waals surface area contributed by atoms with Crippen molar-refractivity contribution in [2.45, 2.75) is 135 Å². The van der Waals surface area contributed by atoms with Gasteiger partial charge in [-0.3, -0.25) is 9.59 Å². The second-order valence-electron chi connectivity index (χ2n) is 8.64. The number of carbonyl (C=O) groups is 2. The minimum atomic E-state index is -0.201. The van der Waals surface area contributed by atoms with Gasteiger partial charge in [0.05, 0.1) is 13.2 Å². The van der Waals surface area contributed by atoms with Crippen LogP contribution in [0, 0.1) is 0 Å². The van der Waals surface area contributed by atoms with Crippen LogP contribution in [0.15, 0.2) is 0 Å². The average molecular weight is 461 g/mol. The van der Waals surface area contributed by atoms with E-state index in [1.807, 2.05) is 0 Å². The molecule has 0 saturated carbocycles. The fourth-order valence-electron chi connectivity index (χ4n) is 3.56. The SMILES string of the molecule is CCCCCCCCCCCOC(=O)CCCC(=O)OCCCCCCCCCCCl. The second-order valence-corrected chi connectivity index (χ2v) is 9.02. The maximum atomic E-state index is 11.7. The Labute approximate surface area is 197 Å². The second kappa shape index (κ2) is 25.5. The third-order valence-corrected chi connectivity index (χ3v) is 5.83. The van der Waals surface area contributed by atoms with Crippen LogP contribution in [0.5, 0.6) is 0 Å². The lowest BCUT2D eigenvalue weighted by atomic mass is 10.1. The molecule has 0 N–H and O–H groups in total. The maximum absolute atomic E-state index is 11.7. The Morgan fingerprint density at radius 3 is 1.26 bits per heavy atom. The van der Waals surface area contributed by atoms with Gasteiger partial charge in [-0.15, -0.1) is 11.6 Å². The molecule has 5 heteroatoms. The van der Waals surface area contributed by atoms with Crippen LogP contribution in [-0.2, 0) is 19.1 Å². The number of halogens is 1. The van der Waals surface area contributed by atoms with Crippen molar-refractivity contribution in [3.8, 4) is 0 Å². The number of rotatable bonds is 24. The molecule has 4 nitrogen and oxygen atoms in total. The van der Waals surface area contributed by atoms with Crippen molar-refractivity contribution >= 4 is 23.5 Å². The first-order chi connectivity index (χ1) is 15.2. The van der Waals surface area contributed by atoms with Crippen LogP contribution in [0.3, 0.4) is 0 Å². The van der Waals surface area contributed by atoms with Crippen LogP contribution >= 0.6 is 11.6 Å². The molecule has 0 rings (SSSR count). The Bertz CT molecular complexity index is 365. The van der Waals surface area contributed by atoms with E-state index in [4.69, 9.17) is 21.1 Å². The van der Waals surface area contributed by atoms with Crippen LogP contribution in [0.1, 0.15) is 135 Å². The molecule has 31 heavy (non-hydrogen) atoms. The highest BCUT2D eigenvalue weighted by molar-refractivity contribution is 6.17. The topological polar surface area (TPSA) is 52.6 Å². The number of unbranched alkanes of at least 4 members (excludes halogenated alkanes) is 15. The van der Waals surface area contributed by atoms with Crippen molar-refractivity contribution in [1.29, 1.82) is 0 Å². The molecule has 0 atom stereocenters. The smallest absolute Gasteiger partial charge is 0.305 e. The van der Waals surface area contributed by atoms with E-state index in [1.165, 1.54) is 77.0 Å². The number of carbonyl (C=O) groups excluding carboxylic acids is 2. The van der Waals surface area contributed by atoms with Crippen LogP contribution in [-0.4, -0.2) is 31.0 Å². The Morgan fingerprint density at radius 1 is 0.516 bits per heavy atom. The molecule has 0 heterocycles. The van der Waals surface area contributed by atoms with E-state index in [-0.39, 0.29) is 11.9 Å². The molecule has 0 fully saturated rings. The summed E-state index contributed by atoms with van der Waals surface area (Å²) in [6.45, 7) is 3.24. The molecule has 0 radical (unpaired) electrons. The number of esters is 2. The van der Waals surface area contributed by atoms with Gasteiger partial charge in [0.25, 0.3) is 0 Å². The van der Waals surface area contributed by atoms with E-state index >= 15 is 0 Å². The van der Waals surface area contributed by atoms with Crippen molar-refractivity contribution in [3.05, 3.63) is 0 Å². The molecular weight excluding hydrogens is 412 g/mol. The quantitative estimate of drug-likeness (QED) is 0.0828. The standard InChI is InChI=1S/C26H49ClO4/c1-2-3-4-5-6-8-11-14-17-23-30-25(28)20-19-21-26(29)31-24-18-15-12-9-7-10-13-16-22-27/h2-24H2,1H3. The lowest BCUT2D eigenvalue weighted by Gasteiger charge is -2.06. The molecule has 0 aliphatic heterocycles. The Balaban J connectivity index is 3.30. The van der Waals surface area contributed by atoms with E-state index < -0.39 is 0 Å². The molecule has 0 unspecified atom stereocenters. The van der Waals surface area contributed by atoms with Crippen molar-refractivity contribution in [3.63, 3.8) is 0 Å². The maximum Gasteiger partial charge on any atom is 0.305 e. The van der Waals surface area contributed by atoms with Gasteiger partial charge in [-0.05, 0) is 25.7 Å². The Morgan fingerprint density at radius 2 is 0.871 bits per heavy atom. The van der Waals surface area contributed by atoms with Crippen molar-refractivity contribution in [2.75, 3.05) is 19.1 Å². The molecule has 0 aliphatic rings. The minimum absolute atomic E-state index is 0.196. The summed E-state index contributed by atoms with van der Waals surface area (Å²) < 4.78 is 10.5. The van der Waals surface area contributed by atoms with E-state index in [9.17, 15) is 9.59 Å². The highest BCUT2D eigenvalue weighted by atomic mass is 35.5. The number of hydrogen-bond acceptors (Lipinski definition) is 4. The molecule has 0 saturated heterocycles. The lowest BCUT2D eigenvalue weighted by Crippen LogP contribution is -2.09. The summed E-state index contributed by atoms with van der Waals surface area (Å²) in [5.41, 5.74) is 0. The van der Waals surface area contributed by atoms with Crippen LogP contribution in [0.2, 0.25) is 0 Å². The van der Waals surface area contributed by atoms with Crippen LogP contribution in [0.25, 0.3) is 0 Å². The Hall–Kier alpha value is -0.770. The largest absolute Gasteiger partial charge is 0.466 e. The summed E-state index contributed by atoms with van der Waals surface area (Å²) >= 11 is 5.66. The summed E-state index contributed by atoms with van der Waals surface area (Å²) in [7, 11) is 0. The first-order valence-electron chi connectivity index (χ1n) is 13.1. The first kappa shape index (κ1) is 30.2. The predicted octanol–water partition coefficient (Wildman–Crippen LogP) is 8.13. The number of alkyl halides is 1. The van der Waals surface area contributed by atoms with E-state index in [2.05, 4.69) is 6.92 Å². The van der Waals surface area contributed by atoms with Gasteiger partial charge in [0.2, 0.25) is 0 Å². The van der Waals surface area contributed by atoms with Gasteiger partial charge in [0.15, 0.2) is 0 Å². The zero-order valence-electron chi connectivity index (χ0n) is 20.3. The zero-order valence-corrected chi connectivity index (χ0v) is 21.0. The zero-order chi connectivity index (χ0) is 22.8. The van der Waals surface area contributed by atoms with Gasteiger partial charge in [0.1, 0.15) is 0 Å². The van der Waals surface area contributed by atoms with Crippen LogP contribution < -0.4 is 0 Å². The summed E-state index contributed by atoms with van der Waals surface area (Å²) in [6, 6.07) is 0. The fraction of sp³-hybridized carbons (Fsp3) is 0.923. The molecule has 0 aromatic rings. The molecule has 184 valence electrons. The number of hydrogen-bond donors (Lipinski definition) is 0.